The first-order valence-corrected chi connectivity index (χ1v) is 6.39. The Hall–Kier alpha value is -1.85. The van der Waals surface area contributed by atoms with Gasteiger partial charge in [-0.25, -0.2) is 0 Å². The number of nitrogens with one attached hydrogen (secondary N) is 1. The van der Waals surface area contributed by atoms with E-state index in [-0.39, 0.29) is 12.3 Å². The van der Waals surface area contributed by atoms with Gasteiger partial charge in [0.25, 0.3) is 0 Å². The maximum Gasteiger partial charge on any atom is 0.303 e. The second-order valence-electron chi connectivity index (χ2n) is 5.20. The first-order chi connectivity index (χ1) is 8.89. The van der Waals surface area contributed by atoms with Crippen LogP contribution >= 0.6 is 0 Å². The van der Waals surface area contributed by atoms with Crippen LogP contribution in [-0.2, 0) is 16.1 Å². The lowest BCUT2D eigenvalue weighted by molar-refractivity contribution is -0.137. The predicted molar refractivity (Wildman–Crippen MR) is 70.6 cm³/mol. The van der Waals surface area contributed by atoms with Gasteiger partial charge < -0.3 is 10.4 Å². The Balaban J connectivity index is 2.24. The lowest BCUT2D eigenvalue weighted by Gasteiger charge is -2.25. The number of aryl methyl sites for hydroxylation is 1. The summed E-state index contributed by atoms with van der Waals surface area (Å²) >= 11 is 0. The number of carboxylic acid groups (broad SMARTS) is 1. The molecule has 6 heteroatoms. The van der Waals surface area contributed by atoms with E-state index in [2.05, 4.69) is 10.4 Å². The molecule has 0 saturated heterocycles. The zero-order chi connectivity index (χ0) is 14.3. The summed E-state index contributed by atoms with van der Waals surface area (Å²) < 4.78 is 1.78. The fourth-order valence-corrected chi connectivity index (χ4v) is 1.76. The van der Waals surface area contributed by atoms with Crippen molar-refractivity contribution in [2.24, 2.45) is 0 Å². The topological polar surface area (TPSA) is 84.2 Å². The smallest absolute Gasteiger partial charge is 0.303 e. The highest BCUT2D eigenvalue weighted by atomic mass is 16.4. The van der Waals surface area contributed by atoms with Crippen molar-refractivity contribution in [2.75, 3.05) is 0 Å². The van der Waals surface area contributed by atoms with Gasteiger partial charge in [0.1, 0.15) is 0 Å². The monoisotopic (exact) mass is 267 g/mol. The number of aromatic nitrogens is 2. The average Bonchev–Trinajstić information content (AvgIpc) is 2.79. The fourth-order valence-electron chi connectivity index (χ4n) is 1.76. The molecule has 1 aromatic heterocycles. The number of carbonyl (C=O) groups is 2. The Morgan fingerprint density at radius 1 is 1.37 bits per heavy atom. The molecule has 0 unspecified atom stereocenters. The standard InChI is InChI=1S/C13H21N3O3/c1-13(2,7-6-12(18)19)15-11(17)5-3-9-16-10-4-8-14-16/h4,8,10H,3,5-7,9H2,1-2H3,(H,15,17)(H,18,19). The van der Waals surface area contributed by atoms with Gasteiger partial charge in [-0.05, 0) is 32.8 Å². The van der Waals surface area contributed by atoms with Gasteiger partial charge in [0.05, 0.1) is 0 Å². The van der Waals surface area contributed by atoms with Gasteiger partial charge in [-0.2, -0.15) is 5.10 Å². The molecule has 1 heterocycles. The third kappa shape index (κ3) is 6.59. The number of aliphatic carboxylic acids is 1. The summed E-state index contributed by atoms with van der Waals surface area (Å²) in [6.07, 6.45) is 5.16. The summed E-state index contributed by atoms with van der Waals surface area (Å²) in [6, 6.07) is 1.84. The molecule has 0 fully saturated rings. The van der Waals surface area contributed by atoms with E-state index in [0.717, 1.165) is 0 Å². The largest absolute Gasteiger partial charge is 0.481 e. The molecule has 0 spiro atoms. The summed E-state index contributed by atoms with van der Waals surface area (Å²) in [6.45, 7) is 4.37. The molecule has 0 atom stereocenters. The number of nitrogens with zero attached hydrogens (tertiary/aromatic N) is 2. The molecule has 0 aliphatic rings. The van der Waals surface area contributed by atoms with Crippen LogP contribution in [0.2, 0.25) is 0 Å². The molecule has 106 valence electrons. The summed E-state index contributed by atoms with van der Waals surface area (Å²) in [5, 5.41) is 15.6. The minimum Gasteiger partial charge on any atom is -0.481 e. The molecular formula is C13H21N3O3. The average molecular weight is 267 g/mol. The van der Waals surface area contributed by atoms with Crippen LogP contribution in [0.3, 0.4) is 0 Å². The molecule has 19 heavy (non-hydrogen) atoms. The molecule has 0 radical (unpaired) electrons. The highest BCUT2D eigenvalue weighted by molar-refractivity contribution is 5.76. The molecule has 6 nitrogen and oxygen atoms in total. The zero-order valence-electron chi connectivity index (χ0n) is 11.4. The quantitative estimate of drug-likeness (QED) is 0.746. The van der Waals surface area contributed by atoms with Crippen molar-refractivity contribution in [1.82, 2.24) is 15.1 Å². The van der Waals surface area contributed by atoms with Crippen LogP contribution in [0.5, 0.6) is 0 Å². The van der Waals surface area contributed by atoms with E-state index in [0.29, 0.717) is 25.8 Å². The maximum atomic E-state index is 11.7. The van der Waals surface area contributed by atoms with Crippen LogP contribution in [0.25, 0.3) is 0 Å². The summed E-state index contributed by atoms with van der Waals surface area (Å²) in [7, 11) is 0. The zero-order valence-corrected chi connectivity index (χ0v) is 11.4. The first kappa shape index (κ1) is 15.2. The van der Waals surface area contributed by atoms with Crippen molar-refractivity contribution in [3.05, 3.63) is 18.5 Å². The Morgan fingerprint density at radius 2 is 2.11 bits per heavy atom. The molecule has 0 aromatic carbocycles. The fraction of sp³-hybridized carbons (Fsp3) is 0.615. The van der Waals surface area contributed by atoms with Crippen LogP contribution in [0.4, 0.5) is 0 Å². The van der Waals surface area contributed by atoms with E-state index in [9.17, 15) is 9.59 Å². The van der Waals surface area contributed by atoms with Gasteiger partial charge in [0.2, 0.25) is 5.91 Å². The number of carbonyl (C=O) groups excluding carboxylic acids is 1. The predicted octanol–water partition coefficient (Wildman–Crippen LogP) is 1.42. The number of carboxylic acids is 1. The normalized spacial score (nSPS) is 11.3. The highest BCUT2D eigenvalue weighted by Crippen LogP contribution is 2.11. The minimum atomic E-state index is -0.846. The Morgan fingerprint density at radius 3 is 2.68 bits per heavy atom. The van der Waals surface area contributed by atoms with E-state index in [4.69, 9.17) is 5.11 Å². The van der Waals surface area contributed by atoms with Gasteiger partial charge in [-0.3, -0.25) is 14.3 Å². The lowest BCUT2D eigenvalue weighted by Crippen LogP contribution is -2.43. The Kier molecular flexibility index (Phi) is 5.54. The molecular weight excluding hydrogens is 246 g/mol. The molecule has 0 bridgehead atoms. The second kappa shape index (κ2) is 6.92. The summed E-state index contributed by atoms with van der Waals surface area (Å²) in [5.41, 5.74) is -0.485. The van der Waals surface area contributed by atoms with Crippen molar-refractivity contribution in [1.29, 1.82) is 0 Å². The lowest BCUT2D eigenvalue weighted by atomic mass is 9.98. The van der Waals surface area contributed by atoms with E-state index >= 15 is 0 Å². The van der Waals surface area contributed by atoms with Crippen LogP contribution in [0.15, 0.2) is 18.5 Å². The van der Waals surface area contributed by atoms with Gasteiger partial charge >= 0.3 is 5.97 Å². The molecule has 0 aliphatic carbocycles. The molecule has 1 amide bonds. The van der Waals surface area contributed by atoms with E-state index in [1.807, 2.05) is 26.1 Å². The number of hydrogen-bond donors (Lipinski definition) is 2. The Labute approximate surface area is 112 Å². The summed E-state index contributed by atoms with van der Waals surface area (Å²) in [5.74, 6) is -0.899. The molecule has 1 rings (SSSR count). The third-order valence-electron chi connectivity index (χ3n) is 2.79. The SMILES string of the molecule is CC(C)(CCC(=O)O)NC(=O)CCCn1cccn1. The molecule has 1 aromatic rings. The van der Waals surface area contributed by atoms with Crippen molar-refractivity contribution < 1.29 is 14.7 Å². The third-order valence-corrected chi connectivity index (χ3v) is 2.79. The van der Waals surface area contributed by atoms with E-state index in [1.165, 1.54) is 0 Å². The summed E-state index contributed by atoms with van der Waals surface area (Å²) in [4.78, 5) is 22.3. The first-order valence-electron chi connectivity index (χ1n) is 6.39. The maximum absolute atomic E-state index is 11.7. The number of amides is 1. The molecule has 0 aliphatic heterocycles. The Bertz CT molecular complexity index is 413. The van der Waals surface area contributed by atoms with Crippen molar-refractivity contribution >= 4 is 11.9 Å². The number of rotatable bonds is 8. The van der Waals surface area contributed by atoms with Crippen molar-refractivity contribution in [3.63, 3.8) is 0 Å². The van der Waals surface area contributed by atoms with Crippen LogP contribution in [-0.4, -0.2) is 32.3 Å². The van der Waals surface area contributed by atoms with Crippen LogP contribution < -0.4 is 5.32 Å². The molecule has 0 saturated carbocycles. The van der Waals surface area contributed by atoms with Crippen molar-refractivity contribution in [3.8, 4) is 0 Å². The van der Waals surface area contributed by atoms with Crippen LogP contribution in [0.1, 0.15) is 39.5 Å². The molecule has 2 N–H and O–H groups in total. The van der Waals surface area contributed by atoms with E-state index < -0.39 is 11.5 Å². The second-order valence-corrected chi connectivity index (χ2v) is 5.20. The minimum absolute atomic E-state index is 0.0532. The van der Waals surface area contributed by atoms with Crippen molar-refractivity contribution in [2.45, 2.75) is 51.6 Å². The van der Waals surface area contributed by atoms with Gasteiger partial charge in [0.15, 0.2) is 0 Å². The van der Waals surface area contributed by atoms with Gasteiger partial charge in [-0.15, -0.1) is 0 Å². The van der Waals surface area contributed by atoms with Crippen LogP contribution in [0, 0.1) is 0 Å². The highest BCUT2D eigenvalue weighted by Gasteiger charge is 2.21. The van der Waals surface area contributed by atoms with E-state index in [1.54, 1.807) is 10.9 Å². The van der Waals surface area contributed by atoms with Gasteiger partial charge in [-0.1, -0.05) is 0 Å². The van der Waals surface area contributed by atoms with Gasteiger partial charge in [0, 0.05) is 37.3 Å². The number of hydrogen-bond acceptors (Lipinski definition) is 3.